The molecule has 92 valence electrons. The smallest absolute Gasteiger partial charge is 0.248 e. The molecule has 0 bridgehead atoms. The molecular formula is C12H16ClN3O. The van der Waals surface area contributed by atoms with E-state index in [9.17, 15) is 4.79 Å². The third-order valence-corrected chi connectivity index (χ3v) is 3.61. The van der Waals surface area contributed by atoms with E-state index in [0.717, 1.165) is 25.1 Å². The van der Waals surface area contributed by atoms with E-state index in [4.69, 9.17) is 23.1 Å². The fourth-order valence-corrected chi connectivity index (χ4v) is 1.97. The van der Waals surface area contributed by atoms with Crippen LogP contribution in [0.25, 0.3) is 0 Å². The molecule has 4 nitrogen and oxygen atoms in total. The topological polar surface area (TPSA) is 81.1 Å². The quantitative estimate of drug-likeness (QED) is 0.745. The predicted octanol–water partition coefficient (Wildman–Crippen LogP) is 1.59. The Morgan fingerprint density at radius 2 is 2.18 bits per heavy atom. The van der Waals surface area contributed by atoms with E-state index in [1.807, 2.05) is 0 Å². The third kappa shape index (κ3) is 2.70. The van der Waals surface area contributed by atoms with Gasteiger partial charge in [-0.2, -0.15) is 0 Å². The number of nitrogens with one attached hydrogen (secondary N) is 1. The lowest BCUT2D eigenvalue weighted by molar-refractivity contribution is 0.100. The molecule has 0 heterocycles. The molecule has 5 heteroatoms. The van der Waals surface area contributed by atoms with Crippen LogP contribution in [0.15, 0.2) is 18.2 Å². The molecule has 0 aliphatic heterocycles. The fourth-order valence-electron chi connectivity index (χ4n) is 1.72. The van der Waals surface area contributed by atoms with Crippen LogP contribution in [0.1, 0.15) is 23.2 Å². The van der Waals surface area contributed by atoms with Crippen LogP contribution in [-0.2, 0) is 0 Å². The standard InChI is InChI=1S/C12H16ClN3O/c13-9-5-8(11(15)17)1-2-10(9)16-7-12(6-14)3-4-12/h1-2,5,16H,3-4,6-7,14H2,(H2,15,17). The number of carbonyl (C=O) groups excluding carboxylic acids is 1. The molecule has 0 unspecified atom stereocenters. The van der Waals surface area contributed by atoms with Gasteiger partial charge in [0.2, 0.25) is 5.91 Å². The van der Waals surface area contributed by atoms with E-state index in [0.29, 0.717) is 17.1 Å². The van der Waals surface area contributed by atoms with Crippen LogP contribution in [-0.4, -0.2) is 19.0 Å². The van der Waals surface area contributed by atoms with Crippen molar-refractivity contribution >= 4 is 23.2 Å². The molecule has 1 saturated carbocycles. The minimum absolute atomic E-state index is 0.242. The van der Waals surface area contributed by atoms with Crippen LogP contribution in [0.4, 0.5) is 5.69 Å². The zero-order valence-corrected chi connectivity index (χ0v) is 10.3. The molecule has 17 heavy (non-hydrogen) atoms. The minimum atomic E-state index is -0.473. The fraction of sp³-hybridized carbons (Fsp3) is 0.417. The number of carbonyl (C=O) groups is 1. The van der Waals surface area contributed by atoms with Crippen molar-refractivity contribution in [3.05, 3.63) is 28.8 Å². The van der Waals surface area contributed by atoms with E-state index >= 15 is 0 Å². The first kappa shape index (κ1) is 12.2. The highest BCUT2D eigenvalue weighted by molar-refractivity contribution is 6.33. The second-order valence-electron chi connectivity index (χ2n) is 4.62. The lowest BCUT2D eigenvalue weighted by Crippen LogP contribution is -2.24. The van der Waals surface area contributed by atoms with E-state index < -0.39 is 5.91 Å². The number of hydrogen-bond donors (Lipinski definition) is 3. The maximum Gasteiger partial charge on any atom is 0.248 e. The monoisotopic (exact) mass is 253 g/mol. The second kappa shape index (κ2) is 4.55. The van der Waals surface area contributed by atoms with Crippen LogP contribution in [0.2, 0.25) is 5.02 Å². The Morgan fingerprint density at radius 3 is 2.65 bits per heavy atom. The summed E-state index contributed by atoms with van der Waals surface area (Å²) in [6.45, 7) is 1.51. The Kier molecular flexibility index (Phi) is 3.26. The lowest BCUT2D eigenvalue weighted by atomic mass is 10.1. The number of hydrogen-bond acceptors (Lipinski definition) is 3. The summed E-state index contributed by atoms with van der Waals surface area (Å²) in [5.74, 6) is -0.473. The molecular weight excluding hydrogens is 238 g/mol. The van der Waals surface area contributed by atoms with Crippen LogP contribution >= 0.6 is 11.6 Å². The van der Waals surface area contributed by atoms with E-state index in [1.165, 1.54) is 0 Å². The molecule has 1 fully saturated rings. The van der Waals surface area contributed by atoms with Crippen molar-refractivity contribution in [3.8, 4) is 0 Å². The number of halogens is 1. The summed E-state index contributed by atoms with van der Waals surface area (Å²) in [6.07, 6.45) is 2.32. The van der Waals surface area contributed by atoms with Crippen molar-refractivity contribution < 1.29 is 4.79 Å². The van der Waals surface area contributed by atoms with Gasteiger partial charge in [0.1, 0.15) is 0 Å². The number of nitrogens with two attached hydrogens (primary N) is 2. The molecule has 0 aromatic heterocycles. The van der Waals surface area contributed by atoms with Gasteiger partial charge in [0, 0.05) is 12.1 Å². The second-order valence-corrected chi connectivity index (χ2v) is 5.02. The van der Waals surface area contributed by atoms with Crippen molar-refractivity contribution in [2.24, 2.45) is 16.9 Å². The highest BCUT2D eigenvalue weighted by atomic mass is 35.5. The molecule has 2 rings (SSSR count). The molecule has 1 amide bonds. The summed E-state index contributed by atoms with van der Waals surface area (Å²) < 4.78 is 0. The average molecular weight is 254 g/mol. The van der Waals surface area contributed by atoms with Gasteiger partial charge in [-0.1, -0.05) is 11.6 Å². The van der Waals surface area contributed by atoms with Crippen molar-refractivity contribution in [1.82, 2.24) is 0 Å². The third-order valence-electron chi connectivity index (χ3n) is 3.30. The minimum Gasteiger partial charge on any atom is -0.383 e. The Morgan fingerprint density at radius 1 is 1.47 bits per heavy atom. The van der Waals surface area contributed by atoms with Gasteiger partial charge in [-0.3, -0.25) is 4.79 Å². The lowest BCUT2D eigenvalue weighted by Gasteiger charge is -2.15. The van der Waals surface area contributed by atoms with Gasteiger partial charge in [-0.25, -0.2) is 0 Å². The summed E-state index contributed by atoms with van der Waals surface area (Å²) in [6, 6.07) is 5.02. The molecule has 0 atom stereocenters. The first-order valence-corrected chi connectivity index (χ1v) is 5.97. The first-order valence-electron chi connectivity index (χ1n) is 5.60. The summed E-state index contributed by atoms with van der Waals surface area (Å²) in [5.41, 5.74) is 12.3. The van der Waals surface area contributed by atoms with Gasteiger partial charge in [0.05, 0.1) is 10.7 Å². The van der Waals surface area contributed by atoms with Crippen LogP contribution < -0.4 is 16.8 Å². The van der Waals surface area contributed by atoms with E-state index in [2.05, 4.69) is 5.32 Å². The highest BCUT2D eigenvalue weighted by Crippen LogP contribution is 2.44. The zero-order chi connectivity index (χ0) is 12.5. The van der Waals surface area contributed by atoms with Gasteiger partial charge < -0.3 is 16.8 Å². The number of anilines is 1. The summed E-state index contributed by atoms with van der Waals surface area (Å²) in [7, 11) is 0. The Labute approximate surface area is 105 Å². The number of amides is 1. The van der Waals surface area contributed by atoms with Gasteiger partial charge in [-0.15, -0.1) is 0 Å². The van der Waals surface area contributed by atoms with Crippen molar-refractivity contribution in [2.75, 3.05) is 18.4 Å². The van der Waals surface area contributed by atoms with Crippen molar-refractivity contribution in [2.45, 2.75) is 12.8 Å². The van der Waals surface area contributed by atoms with Crippen molar-refractivity contribution in [3.63, 3.8) is 0 Å². The van der Waals surface area contributed by atoms with Gasteiger partial charge in [0.15, 0.2) is 0 Å². The summed E-state index contributed by atoms with van der Waals surface area (Å²) in [4.78, 5) is 11.0. The number of rotatable bonds is 5. The van der Waals surface area contributed by atoms with Gasteiger partial charge in [0.25, 0.3) is 0 Å². The zero-order valence-electron chi connectivity index (χ0n) is 9.50. The molecule has 0 radical (unpaired) electrons. The molecule has 5 N–H and O–H groups in total. The molecule has 0 saturated heterocycles. The predicted molar refractivity (Wildman–Crippen MR) is 69.2 cm³/mol. The molecule has 0 spiro atoms. The van der Waals surface area contributed by atoms with E-state index in [-0.39, 0.29) is 5.41 Å². The molecule has 1 aliphatic carbocycles. The highest BCUT2D eigenvalue weighted by Gasteiger charge is 2.40. The van der Waals surface area contributed by atoms with Crippen molar-refractivity contribution in [1.29, 1.82) is 0 Å². The van der Waals surface area contributed by atoms with E-state index in [1.54, 1.807) is 18.2 Å². The van der Waals surface area contributed by atoms with Gasteiger partial charge in [-0.05, 0) is 43.0 Å². The SMILES string of the molecule is NCC1(CNc2ccc(C(N)=O)cc2Cl)CC1. The van der Waals surface area contributed by atoms with Crippen LogP contribution in [0.3, 0.4) is 0 Å². The maximum absolute atomic E-state index is 11.0. The molecule has 1 aliphatic rings. The number of primary amides is 1. The Hall–Kier alpha value is -1.26. The normalized spacial score (nSPS) is 16.6. The summed E-state index contributed by atoms with van der Waals surface area (Å²) in [5, 5.41) is 3.78. The first-order chi connectivity index (χ1) is 8.06. The largest absolute Gasteiger partial charge is 0.383 e. The Balaban J connectivity index is 2.04. The number of benzene rings is 1. The van der Waals surface area contributed by atoms with Crippen LogP contribution in [0.5, 0.6) is 0 Å². The molecule has 1 aromatic rings. The van der Waals surface area contributed by atoms with Crippen LogP contribution in [0, 0.1) is 5.41 Å². The maximum atomic E-state index is 11.0. The Bertz CT molecular complexity index is 443. The molecule has 1 aromatic carbocycles. The average Bonchev–Trinajstić information content (AvgIpc) is 3.08. The van der Waals surface area contributed by atoms with Gasteiger partial charge >= 0.3 is 0 Å². The summed E-state index contributed by atoms with van der Waals surface area (Å²) >= 11 is 6.06.